The topological polar surface area (TPSA) is 73.9 Å². The van der Waals surface area contributed by atoms with E-state index in [9.17, 15) is 9.59 Å². The molecular formula is C23H25Cl3N4O3S. The van der Waals surface area contributed by atoms with Crippen LogP contribution in [-0.4, -0.2) is 55.1 Å². The van der Waals surface area contributed by atoms with Crippen LogP contribution in [0.4, 0.5) is 11.4 Å². The Morgan fingerprint density at radius 1 is 1.06 bits per heavy atom. The van der Waals surface area contributed by atoms with E-state index in [2.05, 4.69) is 15.5 Å². The standard InChI is InChI=1S/C23H25Cl3N4O3S/c1-3-4-20(31)30-9-7-29(8-10-30)19-6-5-15(24)13-18(19)27-23(34)28-22(32)14-11-16(25)21(33-2)17(26)12-14/h5-6,11-13H,3-4,7-10H2,1-2H3,(H2,27,28,32,34). The maximum atomic E-state index is 12.7. The van der Waals surface area contributed by atoms with Crippen LogP contribution < -0.4 is 20.3 Å². The monoisotopic (exact) mass is 542 g/mol. The number of rotatable bonds is 6. The molecule has 1 saturated heterocycles. The Kier molecular flexibility index (Phi) is 9.24. The molecule has 0 unspecified atom stereocenters. The predicted molar refractivity (Wildman–Crippen MR) is 142 cm³/mol. The molecule has 1 fully saturated rings. The highest BCUT2D eigenvalue weighted by molar-refractivity contribution is 7.80. The van der Waals surface area contributed by atoms with Crippen molar-refractivity contribution in [3.63, 3.8) is 0 Å². The van der Waals surface area contributed by atoms with Crippen LogP contribution in [0.3, 0.4) is 0 Å². The molecule has 1 aliphatic rings. The first-order valence-electron chi connectivity index (χ1n) is 10.7. The van der Waals surface area contributed by atoms with E-state index in [1.54, 1.807) is 12.1 Å². The molecule has 1 heterocycles. The molecule has 0 saturated carbocycles. The number of ether oxygens (including phenoxy) is 1. The highest BCUT2D eigenvalue weighted by Gasteiger charge is 2.23. The number of thiocarbonyl (C=S) groups is 1. The largest absolute Gasteiger partial charge is 0.494 e. The van der Waals surface area contributed by atoms with Crippen molar-refractivity contribution in [3.05, 3.63) is 51.0 Å². The second-order valence-electron chi connectivity index (χ2n) is 7.66. The van der Waals surface area contributed by atoms with Crippen molar-refractivity contribution in [2.24, 2.45) is 0 Å². The lowest BCUT2D eigenvalue weighted by Crippen LogP contribution is -2.49. The van der Waals surface area contributed by atoms with Gasteiger partial charge in [0.25, 0.3) is 5.91 Å². The zero-order valence-electron chi connectivity index (χ0n) is 18.8. The van der Waals surface area contributed by atoms with Crippen LogP contribution >= 0.6 is 47.0 Å². The third-order valence-corrected chi connectivity index (χ3v) is 6.34. The van der Waals surface area contributed by atoms with E-state index in [0.29, 0.717) is 49.1 Å². The summed E-state index contributed by atoms with van der Waals surface area (Å²) in [5, 5.41) is 6.73. The van der Waals surface area contributed by atoms with Crippen molar-refractivity contribution < 1.29 is 14.3 Å². The van der Waals surface area contributed by atoms with Crippen molar-refractivity contribution >= 4 is 75.3 Å². The van der Waals surface area contributed by atoms with Crippen molar-refractivity contribution in [1.82, 2.24) is 10.2 Å². The smallest absolute Gasteiger partial charge is 0.257 e. The van der Waals surface area contributed by atoms with Gasteiger partial charge in [-0.3, -0.25) is 14.9 Å². The second kappa shape index (κ2) is 11.9. The lowest BCUT2D eigenvalue weighted by atomic mass is 10.2. The molecule has 7 nitrogen and oxygen atoms in total. The number of carbonyl (C=O) groups is 2. The Bertz CT molecular complexity index is 1070. The Balaban J connectivity index is 1.69. The fraction of sp³-hybridized carbons (Fsp3) is 0.348. The number of hydrogen-bond donors (Lipinski definition) is 2. The van der Waals surface area contributed by atoms with Gasteiger partial charge in [0.1, 0.15) is 0 Å². The fourth-order valence-corrected chi connectivity index (χ4v) is 4.68. The average molecular weight is 544 g/mol. The minimum Gasteiger partial charge on any atom is -0.494 e. The Hall–Kier alpha value is -2.26. The highest BCUT2D eigenvalue weighted by Crippen LogP contribution is 2.34. The SMILES string of the molecule is CCCC(=O)N1CCN(c2ccc(Cl)cc2NC(=S)NC(=O)c2cc(Cl)c(OC)c(Cl)c2)CC1. The molecule has 0 aromatic heterocycles. The number of nitrogens with zero attached hydrogens (tertiary/aromatic N) is 2. The molecule has 0 atom stereocenters. The van der Waals surface area contributed by atoms with Crippen molar-refractivity contribution in [2.75, 3.05) is 43.5 Å². The summed E-state index contributed by atoms with van der Waals surface area (Å²) >= 11 is 23.9. The summed E-state index contributed by atoms with van der Waals surface area (Å²) in [6.45, 7) is 4.63. The number of benzene rings is 2. The van der Waals surface area contributed by atoms with Gasteiger partial charge in [-0.05, 0) is 49.0 Å². The molecule has 0 bridgehead atoms. The molecule has 182 valence electrons. The number of methoxy groups -OCH3 is 1. The van der Waals surface area contributed by atoms with Gasteiger partial charge in [-0.25, -0.2) is 0 Å². The molecule has 11 heteroatoms. The van der Waals surface area contributed by atoms with E-state index >= 15 is 0 Å². The van der Waals surface area contributed by atoms with E-state index in [1.165, 1.54) is 19.2 Å². The summed E-state index contributed by atoms with van der Waals surface area (Å²) in [5.41, 5.74) is 1.76. The molecule has 34 heavy (non-hydrogen) atoms. The number of piperazine rings is 1. The molecular weight excluding hydrogens is 519 g/mol. The molecule has 2 aromatic carbocycles. The lowest BCUT2D eigenvalue weighted by molar-refractivity contribution is -0.131. The highest BCUT2D eigenvalue weighted by atomic mass is 35.5. The van der Waals surface area contributed by atoms with Crippen LogP contribution in [0.25, 0.3) is 0 Å². The normalized spacial score (nSPS) is 13.4. The van der Waals surface area contributed by atoms with Gasteiger partial charge >= 0.3 is 0 Å². The maximum Gasteiger partial charge on any atom is 0.257 e. The van der Waals surface area contributed by atoms with E-state index < -0.39 is 5.91 Å². The predicted octanol–water partition coefficient (Wildman–Crippen LogP) is 5.23. The van der Waals surface area contributed by atoms with Crippen molar-refractivity contribution in [2.45, 2.75) is 19.8 Å². The zero-order chi connectivity index (χ0) is 24.8. The van der Waals surface area contributed by atoms with E-state index in [-0.39, 0.29) is 26.6 Å². The van der Waals surface area contributed by atoms with Crippen LogP contribution in [-0.2, 0) is 4.79 Å². The first-order valence-corrected chi connectivity index (χ1v) is 12.2. The number of carbonyl (C=O) groups excluding carboxylic acids is 2. The van der Waals surface area contributed by atoms with Gasteiger partial charge in [0.2, 0.25) is 5.91 Å². The van der Waals surface area contributed by atoms with E-state index in [4.69, 9.17) is 51.8 Å². The minimum atomic E-state index is -0.476. The molecule has 3 rings (SSSR count). The first-order chi connectivity index (χ1) is 16.2. The molecule has 1 aliphatic heterocycles. The molecule has 2 N–H and O–H groups in total. The van der Waals surface area contributed by atoms with Crippen LogP contribution in [0.1, 0.15) is 30.1 Å². The van der Waals surface area contributed by atoms with E-state index in [0.717, 1.165) is 12.1 Å². The molecule has 2 aromatic rings. The summed E-state index contributed by atoms with van der Waals surface area (Å²) < 4.78 is 5.11. The quantitative estimate of drug-likeness (QED) is 0.486. The van der Waals surface area contributed by atoms with Crippen LogP contribution in [0.2, 0.25) is 15.1 Å². The van der Waals surface area contributed by atoms with Gasteiger partial charge in [-0.15, -0.1) is 0 Å². The summed E-state index contributed by atoms with van der Waals surface area (Å²) in [6.07, 6.45) is 1.40. The van der Waals surface area contributed by atoms with Gasteiger partial charge in [0, 0.05) is 43.2 Å². The van der Waals surface area contributed by atoms with E-state index in [1.807, 2.05) is 17.9 Å². The zero-order valence-corrected chi connectivity index (χ0v) is 21.9. The maximum absolute atomic E-state index is 12.7. The lowest BCUT2D eigenvalue weighted by Gasteiger charge is -2.37. The number of halogens is 3. The van der Waals surface area contributed by atoms with Crippen molar-refractivity contribution in [3.8, 4) is 5.75 Å². The molecule has 0 aliphatic carbocycles. The summed E-state index contributed by atoms with van der Waals surface area (Å²) in [4.78, 5) is 28.9. The molecule has 2 amide bonds. The van der Waals surface area contributed by atoms with Gasteiger partial charge in [-0.2, -0.15) is 0 Å². The fourth-order valence-electron chi connectivity index (χ4n) is 3.67. The number of amides is 2. The summed E-state index contributed by atoms with van der Waals surface area (Å²) in [7, 11) is 1.44. The number of hydrogen-bond acceptors (Lipinski definition) is 5. The Morgan fingerprint density at radius 3 is 2.29 bits per heavy atom. The summed E-state index contributed by atoms with van der Waals surface area (Å²) in [6, 6.07) is 8.33. The molecule has 0 spiro atoms. The number of anilines is 2. The van der Waals surface area contributed by atoms with Crippen LogP contribution in [0.15, 0.2) is 30.3 Å². The summed E-state index contributed by atoms with van der Waals surface area (Å²) in [5.74, 6) is -0.00420. The third kappa shape index (κ3) is 6.44. The molecule has 0 radical (unpaired) electrons. The van der Waals surface area contributed by atoms with Crippen LogP contribution in [0, 0.1) is 0 Å². The third-order valence-electron chi connectivity index (χ3n) is 5.34. The minimum absolute atomic E-state index is 0.0911. The number of nitrogens with one attached hydrogen (secondary N) is 2. The van der Waals surface area contributed by atoms with Gasteiger partial charge < -0.3 is 19.9 Å². The average Bonchev–Trinajstić information content (AvgIpc) is 2.79. The Morgan fingerprint density at radius 2 is 1.71 bits per heavy atom. The van der Waals surface area contributed by atoms with Crippen LogP contribution in [0.5, 0.6) is 5.75 Å². The Labute approximate surface area is 219 Å². The van der Waals surface area contributed by atoms with Crippen molar-refractivity contribution in [1.29, 1.82) is 0 Å². The first kappa shape index (κ1) is 26.3. The van der Waals surface area contributed by atoms with Gasteiger partial charge in [0.15, 0.2) is 10.9 Å². The van der Waals surface area contributed by atoms with Gasteiger partial charge in [0.05, 0.1) is 28.5 Å². The second-order valence-corrected chi connectivity index (χ2v) is 9.32. The van der Waals surface area contributed by atoms with Gasteiger partial charge in [-0.1, -0.05) is 41.7 Å².